The molecular weight excluding hydrogens is 294 g/mol. The third-order valence-corrected chi connectivity index (χ3v) is 2.40. The van der Waals surface area contributed by atoms with Crippen LogP contribution in [0.5, 0.6) is 0 Å². The maximum atomic E-state index is 10.2. The van der Waals surface area contributed by atoms with E-state index in [1.54, 1.807) is 0 Å². The molecular formula is C14H29NO7. The van der Waals surface area contributed by atoms with Crippen molar-refractivity contribution in [3.05, 3.63) is 0 Å². The van der Waals surface area contributed by atoms with Crippen LogP contribution in [-0.4, -0.2) is 103 Å². The van der Waals surface area contributed by atoms with Gasteiger partial charge in [-0.2, -0.15) is 0 Å². The summed E-state index contributed by atoms with van der Waals surface area (Å²) in [7, 11) is 4.01. The first-order valence-corrected chi connectivity index (χ1v) is 7.38. The molecule has 8 heteroatoms. The fourth-order valence-electron chi connectivity index (χ4n) is 1.29. The monoisotopic (exact) mass is 323 g/mol. The van der Waals surface area contributed by atoms with Gasteiger partial charge >= 0.3 is 5.97 Å². The first-order chi connectivity index (χ1) is 10.6. The Morgan fingerprint density at radius 1 is 0.727 bits per heavy atom. The van der Waals surface area contributed by atoms with E-state index >= 15 is 0 Å². The van der Waals surface area contributed by atoms with Gasteiger partial charge in [0.1, 0.15) is 6.61 Å². The number of carboxylic acid groups (broad SMARTS) is 1. The number of carbonyl (C=O) groups is 1. The molecule has 0 rings (SSSR count). The van der Waals surface area contributed by atoms with Crippen LogP contribution >= 0.6 is 0 Å². The summed E-state index contributed by atoms with van der Waals surface area (Å²) in [6, 6.07) is 0. The Labute approximate surface area is 132 Å². The lowest BCUT2D eigenvalue weighted by atomic mass is 10.6. The zero-order chi connectivity index (χ0) is 16.5. The van der Waals surface area contributed by atoms with Crippen LogP contribution in [0.2, 0.25) is 0 Å². The molecule has 0 saturated carbocycles. The van der Waals surface area contributed by atoms with Crippen molar-refractivity contribution in [3.8, 4) is 0 Å². The number of ether oxygens (including phenoxy) is 5. The first kappa shape index (κ1) is 21.2. The predicted octanol–water partition coefficient (Wildman–Crippen LogP) is -0.284. The normalized spacial score (nSPS) is 11.2. The number of hydrogen-bond donors (Lipinski definition) is 1. The Bertz CT molecular complexity index is 251. The minimum absolute atomic E-state index is 0.267. The van der Waals surface area contributed by atoms with Gasteiger partial charge in [0.2, 0.25) is 0 Å². The zero-order valence-electron chi connectivity index (χ0n) is 13.6. The first-order valence-electron chi connectivity index (χ1n) is 7.38. The summed E-state index contributed by atoms with van der Waals surface area (Å²) in [6.07, 6.45) is 0. The average Bonchev–Trinajstić information content (AvgIpc) is 2.46. The molecule has 0 aliphatic carbocycles. The van der Waals surface area contributed by atoms with E-state index in [2.05, 4.69) is 4.90 Å². The highest BCUT2D eigenvalue weighted by molar-refractivity contribution is 5.67. The van der Waals surface area contributed by atoms with Gasteiger partial charge in [0.15, 0.2) is 0 Å². The molecule has 0 atom stereocenters. The van der Waals surface area contributed by atoms with Gasteiger partial charge in [0, 0.05) is 6.54 Å². The highest BCUT2D eigenvalue weighted by Crippen LogP contribution is 1.84. The molecule has 0 aromatic carbocycles. The smallest absolute Gasteiger partial charge is 0.329 e. The Morgan fingerprint density at radius 2 is 1.09 bits per heavy atom. The number of aliphatic carboxylic acids is 1. The van der Waals surface area contributed by atoms with Gasteiger partial charge in [0.25, 0.3) is 0 Å². The lowest BCUT2D eigenvalue weighted by Gasteiger charge is -2.10. The van der Waals surface area contributed by atoms with Crippen LogP contribution in [0.3, 0.4) is 0 Å². The van der Waals surface area contributed by atoms with E-state index in [0.29, 0.717) is 52.9 Å². The molecule has 1 N–H and O–H groups in total. The van der Waals surface area contributed by atoms with Crippen molar-refractivity contribution in [3.63, 3.8) is 0 Å². The van der Waals surface area contributed by atoms with Crippen LogP contribution in [0.15, 0.2) is 0 Å². The molecule has 0 unspecified atom stereocenters. The quantitative estimate of drug-likeness (QED) is 0.366. The molecule has 0 aliphatic rings. The summed E-state index contributed by atoms with van der Waals surface area (Å²) in [4.78, 5) is 12.2. The Balaban J connectivity index is 2.98. The SMILES string of the molecule is CN(C)CCOCCOCCOCCOCCOCC(=O)O. The number of carboxylic acids is 1. The molecule has 0 bridgehead atoms. The highest BCUT2D eigenvalue weighted by atomic mass is 16.6. The van der Waals surface area contributed by atoms with Gasteiger partial charge in [-0.15, -0.1) is 0 Å². The van der Waals surface area contributed by atoms with Crippen LogP contribution in [-0.2, 0) is 28.5 Å². The molecule has 8 nitrogen and oxygen atoms in total. The van der Waals surface area contributed by atoms with Crippen LogP contribution in [0.25, 0.3) is 0 Å². The van der Waals surface area contributed by atoms with Crippen molar-refractivity contribution >= 4 is 5.97 Å². The molecule has 0 spiro atoms. The maximum Gasteiger partial charge on any atom is 0.329 e. The van der Waals surface area contributed by atoms with E-state index < -0.39 is 5.97 Å². The van der Waals surface area contributed by atoms with Crippen molar-refractivity contribution in [2.75, 3.05) is 86.7 Å². The Hall–Kier alpha value is -0.770. The van der Waals surface area contributed by atoms with E-state index in [1.807, 2.05) is 14.1 Å². The topological polar surface area (TPSA) is 86.7 Å². The largest absolute Gasteiger partial charge is 0.480 e. The highest BCUT2D eigenvalue weighted by Gasteiger charge is 1.96. The second-order valence-corrected chi connectivity index (χ2v) is 4.70. The molecule has 22 heavy (non-hydrogen) atoms. The third-order valence-electron chi connectivity index (χ3n) is 2.40. The van der Waals surface area contributed by atoms with Crippen molar-refractivity contribution < 1.29 is 33.6 Å². The summed E-state index contributed by atoms with van der Waals surface area (Å²) >= 11 is 0. The van der Waals surface area contributed by atoms with E-state index in [-0.39, 0.29) is 13.2 Å². The van der Waals surface area contributed by atoms with Crippen LogP contribution in [0.1, 0.15) is 0 Å². The van der Waals surface area contributed by atoms with Gasteiger partial charge in [-0.25, -0.2) is 4.79 Å². The van der Waals surface area contributed by atoms with Gasteiger partial charge < -0.3 is 33.7 Å². The summed E-state index contributed by atoms with van der Waals surface area (Å²) in [5, 5.41) is 8.33. The van der Waals surface area contributed by atoms with E-state index in [4.69, 9.17) is 28.8 Å². The molecule has 0 fully saturated rings. The van der Waals surface area contributed by atoms with Crippen molar-refractivity contribution in [1.29, 1.82) is 0 Å². The summed E-state index contributed by atoms with van der Waals surface area (Å²) < 4.78 is 26.0. The molecule has 0 radical (unpaired) electrons. The summed E-state index contributed by atoms with van der Waals surface area (Å²) in [5.41, 5.74) is 0. The van der Waals surface area contributed by atoms with Gasteiger partial charge in [0.05, 0.1) is 59.5 Å². The minimum atomic E-state index is -0.980. The van der Waals surface area contributed by atoms with Crippen LogP contribution < -0.4 is 0 Å². The van der Waals surface area contributed by atoms with Crippen molar-refractivity contribution in [2.24, 2.45) is 0 Å². The van der Waals surface area contributed by atoms with Gasteiger partial charge in [-0.05, 0) is 14.1 Å². The molecule has 0 aromatic rings. The number of likely N-dealkylation sites (N-methyl/N-ethyl adjacent to an activating group) is 1. The molecule has 0 aliphatic heterocycles. The van der Waals surface area contributed by atoms with Crippen molar-refractivity contribution in [2.45, 2.75) is 0 Å². The Kier molecular flexibility index (Phi) is 16.0. The lowest BCUT2D eigenvalue weighted by Crippen LogP contribution is -2.19. The fraction of sp³-hybridized carbons (Fsp3) is 0.929. The lowest BCUT2D eigenvalue weighted by molar-refractivity contribution is -0.142. The van der Waals surface area contributed by atoms with Gasteiger partial charge in [-0.1, -0.05) is 0 Å². The van der Waals surface area contributed by atoms with Gasteiger partial charge in [-0.3, -0.25) is 0 Å². The standard InChI is InChI=1S/C14H29NO7/c1-15(2)3-4-18-5-6-19-7-8-20-9-10-21-11-12-22-13-14(16)17/h3-13H2,1-2H3,(H,16,17). The van der Waals surface area contributed by atoms with E-state index in [1.165, 1.54) is 0 Å². The molecule has 0 heterocycles. The third kappa shape index (κ3) is 19.2. The summed E-state index contributed by atoms with van der Waals surface area (Å²) in [6.45, 7) is 5.06. The van der Waals surface area contributed by atoms with E-state index in [9.17, 15) is 4.79 Å². The average molecular weight is 323 g/mol. The second-order valence-electron chi connectivity index (χ2n) is 4.70. The summed E-state index contributed by atoms with van der Waals surface area (Å²) in [5.74, 6) is -0.980. The molecule has 0 aromatic heterocycles. The Morgan fingerprint density at radius 3 is 1.45 bits per heavy atom. The maximum absolute atomic E-state index is 10.2. The predicted molar refractivity (Wildman–Crippen MR) is 80.3 cm³/mol. The van der Waals surface area contributed by atoms with E-state index in [0.717, 1.165) is 6.54 Å². The van der Waals surface area contributed by atoms with Crippen molar-refractivity contribution in [1.82, 2.24) is 4.90 Å². The molecule has 0 saturated heterocycles. The molecule has 0 amide bonds. The fourth-order valence-corrected chi connectivity index (χ4v) is 1.29. The number of hydrogen-bond acceptors (Lipinski definition) is 7. The van der Waals surface area contributed by atoms with Crippen LogP contribution in [0, 0.1) is 0 Å². The second kappa shape index (κ2) is 16.6. The minimum Gasteiger partial charge on any atom is -0.480 e. The van der Waals surface area contributed by atoms with Crippen LogP contribution in [0.4, 0.5) is 0 Å². The number of nitrogens with zero attached hydrogens (tertiary/aromatic N) is 1. The number of rotatable bonds is 17. The zero-order valence-corrected chi connectivity index (χ0v) is 13.6. The molecule has 132 valence electrons.